The average molecular weight is 291 g/mol. The van der Waals surface area contributed by atoms with Crippen LogP contribution in [0.5, 0.6) is 0 Å². The highest BCUT2D eigenvalue weighted by atomic mass is 35.5. The van der Waals surface area contributed by atoms with Crippen molar-refractivity contribution in [3.05, 3.63) is 52.9 Å². The maximum Gasteiger partial charge on any atom is 0.127 e. The van der Waals surface area contributed by atoms with Crippen LogP contribution < -0.4 is 11.1 Å². The van der Waals surface area contributed by atoms with Crippen LogP contribution in [0, 0.1) is 5.92 Å². The fourth-order valence-electron chi connectivity index (χ4n) is 2.47. The second kappa shape index (κ2) is 5.51. The number of anilines is 1. The first kappa shape index (κ1) is 13.5. The molecule has 1 heterocycles. The summed E-state index contributed by atoms with van der Waals surface area (Å²) >= 11 is 5.89. The van der Waals surface area contributed by atoms with E-state index >= 15 is 0 Å². The van der Waals surface area contributed by atoms with Crippen LogP contribution in [0.3, 0.4) is 0 Å². The second-order valence-corrected chi connectivity index (χ2v) is 5.94. The molecule has 1 aromatic carbocycles. The van der Waals surface area contributed by atoms with Crippen molar-refractivity contribution in [3.8, 4) is 0 Å². The van der Waals surface area contributed by atoms with E-state index in [2.05, 4.69) is 18.3 Å². The Hall–Kier alpha value is -1.45. The Morgan fingerprint density at radius 1 is 1.30 bits per heavy atom. The Bertz CT molecular complexity index is 578. The van der Waals surface area contributed by atoms with Crippen LogP contribution in [0.2, 0.25) is 5.02 Å². The molecule has 3 N–H and O–H groups in total. The van der Waals surface area contributed by atoms with Gasteiger partial charge in [0.05, 0.1) is 6.04 Å². The maximum atomic E-state index is 5.96. The number of furan rings is 1. The standard InChI is InChI=1S/C16H19ClN2O/c1-10-8-13(10)15-6-7-16(20-15)14(9-18)19-12-4-2-11(17)3-5-12/h2-7,10,13-14,19H,8-9,18H2,1H3. The van der Waals surface area contributed by atoms with Crippen LogP contribution in [0.15, 0.2) is 40.8 Å². The van der Waals surface area contributed by atoms with Gasteiger partial charge in [-0.1, -0.05) is 18.5 Å². The van der Waals surface area contributed by atoms with Crippen LogP contribution in [0.4, 0.5) is 5.69 Å². The van der Waals surface area contributed by atoms with Gasteiger partial charge in [0.25, 0.3) is 0 Å². The summed E-state index contributed by atoms with van der Waals surface area (Å²) in [6.07, 6.45) is 1.23. The molecule has 3 atom stereocenters. The third-order valence-electron chi connectivity index (χ3n) is 3.89. The number of halogens is 1. The number of hydrogen-bond acceptors (Lipinski definition) is 3. The summed E-state index contributed by atoms with van der Waals surface area (Å²) in [5.41, 5.74) is 6.85. The smallest absolute Gasteiger partial charge is 0.127 e. The highest BCUT2D eigenvalue weighted by molar-refractivity contribution is 6.30. The topological polar surface area (TPSA) is 51.2 Å². The van der Waals surface area contributed by atoms with Gasteiger partial charge in [0.15, 0.2) is 0 Å². The molecule has 20 heavy (non-hydrogen) atoms. The summed E-state index contributed by atoms with van der Waals surface area (Å²) in [7, 11) is 0. The second-order valence-electron chi connectivity index (χ2n) is 5.50. The van der Waals surface area contributed by atoms with E-state index in [0.717, 1.165) is 28.1 Å². The van der Waals surface area contributed by atoms with Gasteiger partial charge in [-0.2, -0.15) is 0 Å². The zero-order valence-electron chi connectivity index (χ0n) is 11.5. The van der Waals surface area contributed by atoms with Crippen LogP contribution in [-0.2, 0) is 0 Å². The van der Waals surface area contributed by atoms with E-state index in [1.165, 1.54) is 6.42 Å². The number of nitrogens with two attached hydrogens (primary N) is 1. The highest BCUT2D eigenvalue weighted by Gasteiger charge is 2.36. The number of hydrogen-bond donors (Lipinski definition) is 2. The van der Waals surface area contributed by atoms with E-state index in [1.807, 2.05) is 30.3 Å². The van der Waals surface area contributed by atoms with Gasteiger partial charge in [0, 0.05) is 23.2 Å². The molecule has 1 aliphatic rings. The first-order valence-electron chi connectivity index (χ1n) is 6.99. The van der Waals surface area contributed by atoms with Gasteiger partial charge in [-0.05, 0) is 48.7 Å². The lowest BCUT2D eigenvalue weighted by Gasteiger charge is -2.16. The molecule has 2 aromatic rings. The third kappa shape index (κ3) is 2.84. The van der Waals surface area contributed by atoms with Crippen molar-refractivity contribution in [2.24, 2.45) is 11.7 Å². The van der Waals surface area contributed by atoms with Crippen LogP contribution in [-0.4, -0.2) is 6.54 Å². The van der Waals surface area contributed by atoms with Crippen LogP contribution >= 0.6 is 11.6 Å². The van der Waals surface area contributed by atoms with E-state index in [9.17, 15) is 0 Å². The van der Waals surface area contributed by atoms with E-state index < -0.39 is 0 Å². The fourth-order valence-corrected chi connectivity index (χ4v) is 2.59. The lowest BCUT2D eigenvalue weighted by Crippen LogP contribution is -2.20. The van der Waals surface area contributed by atoms with Crippen molar-refractivity contribution >= 4 is 17.3 Å². The minimum atomic E-state index is -0.0148. The van der Waals surface area contributed by atoms with Crippen molar-refractivity contribution in [1.82, 2.24) is 0 Å². The minimum Gasteiger partial charge on any atom is -0.464 e. The molecule has 0 aliphatic heterocycles. The summed E-state index contributed by atoms with van der Waals surface area (Å²) in [6.45, 7) is 2.73. The molecular formula is C16H19ClN2O. The summed E-state index contributed by atoms with van der Waals surface area (Å²) in [5, 5.41) is 4.10. The summed E-state index contributed by atoms with van der Waals surface area (Å²) in [4.78, 5) is 0. The van der Waals surface area contributed by atoms with Gasteiger partial charge < -0.3 is 15.5 Å². The lowest BCUT2D eigenvalue weighted by molar-refractivity contribution is 0.441. The van der Waals surface area contributed by atoms with Gasteiger partial charge in [-0.3, -0.25) is 0 Å². The number of nitrogens with one attached hydrogen (secondary N) is 1. The SMILES string of the molecule is CC1CC1c1ccc(C(CN)Nc2ccc(Cl)cc2)o1. The zero-order chi connectivity index (χ0) is 14.1. The first-order chi connectivity index (χ1) is 9.67. The third-order valence-corrected chi connectivity index (χ3v) is 4.14. The Balaban J connectivity index is 1.72. The average Bonchev–Trinajstić information content (AvgIpc) is 3.00. The van der Waals surface area contributed by atoms with E-state index in [0.29, 0.717) is 12.5 Å². The Morgan fingerprint density at radius 2 is 2.00 bits per heavy atom. The van der Waals surface area contributed by atoms with Crippen molar-refractivity contribution in [2.45, 2.75) is 25.3 Å². The molecule has 1 aliphatic carbocycles. The molecule has 4 heteroatoms. The van der Waals surface area contributed by atoms with Gasteiger partial charge >= 0.3 is 0 Å². The summed E-state index contributed by atoms with van der Waals surface area (Å²) in [5.74, 6) is 3.33. The number of rotatable bonds is 5. The first-order valence-corrected chi connectivity index (χ1v) is 7.37. The largest absolute Gasteiger partial charge is 0.464 e. The molecule has 3 unspecified atom stereocenters. The van der Waals surface area contributed by atoms with Crippen LogP contribution in [0.1, 0.15) is 36.8 Å². The minimum absolute atomic E-state index is 0.0148. The molecule has 3 rings (SSSR count). The molecule has 1 aromatic heterocycles. The van der Waals surface area contributed by atoms with Crippen molar-refractivity contribution in [3.63, 3.8) is 0 Å². The monoisotopic (exact) mass is 290 g/mol. The molecule has 106 valence electrons. The van der Waals surface area contributed by atoms with Gasteiger partial charge in [0.1, 0.15) is 11.5 Å². The Labute approximate surface area is 124 Å². The van der Waals surface area contributed by atoms with Gasteiger partial charge in [0.2, 0.25) is 0 Å². The maximum absolute atomic E-state index is 5.96. The van der Waals surface area contributed by atoms with Crippen LogP contribution in [0.25, 0.3) is 0 Å². The molecule has 0 spiro atoms. The number of benzene rings is 1. The summed E-state index contributed by atoms with van der Waals surface area (Å²) < 4.78 is 5.96. The molecule has 3 nitrogen and oxygen atoms in total. The quantitative estimate of drug-likeness (QED) is 0.869. The molecule has 1 saturated carbocycles. The molecule has 0 saturated heterocycles. The predicted molar refractivity (Wildman–Crippen MR) is 82.1 cm³/mol. The van der Waals surface area contributed by atoms with E-state index in [4.69, 9.17) is 21.8 Å². The van der Waals surface area contributed by atoms with Gasteiger partial charge in [-0.15, -0.1) is 0 Å². The molecule has 0 amide bonds. The molecule has 0 radical (unpaired) electrons. The van der Waals surface area contributed by atoms with Crippen molar-refractivity contribution < 1.29 is 4.42 Å². The fraction of sp³-hybridized carbons (Fsp3) is 0.375. The Kier molecular flexibility index (Phi) is 3.72. The molecule has 0 bridgehead atoms. The lowest BCUT2D eigenvalue weighted by atomic mass is 10.2. The normalized spacial score (nSPS) is 22.6. The van der Waals surface area contributed by atoms with Crippen molar-refractivity contribution in [1.29, 1.82) is 0 Å². The highest BCUT2D eigenvalue weighted by Crippen LogP contribution is 2.47. The molecule has 1 fully saturated rings. The van der Waals surface area contributed by atoms with Gasteiger partial charge in [-0.25, -0.2) is 0 Å². The summed E-state index contributed by atoms with van der Waals surface area (Å²) in [6, 6.07) is 11.7. The van der Waals surface area contributed by atoms with E-state index in [1.54, 1.807) is 0 Å². The Morgan fingerprint density at radius 3 is 2.60 bits per heavy atom. The zero-order valence-corrected chi connectivity index (χ0v) is 12.2. The van der Waals surface area contributed by atoms with Crippen molar-refractivity contribution in [2.75, 3.05) is 11.9 Å². The van der Waals surface area contributed by atoms with E-state index in [-0.39, 0.29) is 6.04 Å². The predicted octanol–water partition coefficient (Wildman–Crippen LogP) is 4.17. The molecular weight excluding hydrogens is 272 g/mol.